The van der Waals surface area contributed by atoms with Crippen LogP contribution in [0.3, 0.4) is 0 Å². The van der Waals surface area contributed by atoms with Crippen molar-refractivity contribution in [2.45, 2.75) is 277 Å². The molecule has 0 aromatic heterocycles. The lowest BCUT2D eigenvalue weighted by molar-refractivity contribution is -0.870. The van der Waals surface area contributed by atoms with Crippen LogP contribution in [0.5, 0.6) is 0 Å². The molecule has 0 aromatic rings. The Balaban J connectivity index is 4.05. The van der Waals surface area contributed by atoms with Gasteiger partial charge in [0, 0.05) is 12.8 Å². The number of rotatable bonds is 54. The predicted octanol–water partition coefficient (Wildman–Crippen LogP) is 18.1. The van der Waals surface area contributed by atoms with Crippen LogP contribution >= 0.6 is 7.82 Å². The van der Waals surface area contributed by atoms with E-state index in [4.69, 9.17) is 18.5 Å². The number of phosphoric acid groups is 1. The van der Waals surface area contributed by atoms with Gasteiger partial charge >= 0.3 is 19.8 Å². The first-order chi connectivity index (χ1) is 34.0. The second kappa shape index (κ2) is 51.9. The van der Waals surface area contributed by atoms with Gasteiger partial charge in [-0.3, -0.25) is 18.6 Å². The van der Waals surface area contributed by atoms with E-state index in [2.05, 4.69) is 62.5 Å². The first kappa shape index (κ1) is 68.0. The third-order valence-corrected chi connectivity index (χ3v) is 13.8. The zero-order valence-electron chi connectivity index (χ0n) is 46.5. The van der Waals surface area contributed by atoms with E-state index in [9.17, 15) is 19.0 Å². The number of carbonyl (C=O) groups is 2. The quantitative estimate of drug-likeness (QED) is 0.0211. The minimum atomic E-state index is -4.39. The number of nitrogens with zero attached hydrogens (tertiary/aromatic N) is 1. The molecule has 410 valence electrons. The topological polar surface area (TPSA) is 108 Å². The molecule has 9 nitrogen and oxygen atoms in total. The molecule has 10 heteroatoms. The maximum absolute atomic E-state index is 12.8. The number of esters is 2. The minimum absolute atomic E-state index is 0.0297. The summed E-state index contributed by atoms with van der Waals surface area (Å²) in [6.07, 6.45) is 64.8. The lowest BCUT2D eigenvalue weighted by atomic mass is 10.0. The third kappa shape index (κ3) is 55.3. The van der Waals surface area contributed by atoms with Gasteiger partial charge in [0.25, 0.3) is 0 Å². The Bertz CT molecular complexity index is 1320. The average Bonchev–Trinajstić information content (AvgIpc) is 3.32. The molecule has 0 heterocycles. The number of hydrogen-bond donors (Lipinski definition) is 1. The van der Waals surface area contributed by atoms with Gasteiger partial charge in [0.2, 0.25) is 0 Å². The molecule has 0 aliphatic rings. The summed E-state index contributed by atoms with van der Waals surface area (Å²) in [5.74, 6) is -0.805. The van der Waals surface area contributed by atoms with Crippen LogP contribution in [0.15, 0.2) is 48.6 Å². The molecule has 2 unspecified atom stereocenters. The van der Waals surface area contributed by atoms with Crippen molar-refractivity contribution >= 4 is 19.8 Å². The fourth-order valence-corrected chi connectivity index (χ4v) is 9.00. The lowest BCUT2D eigenvalue weighted by Crippen LogP contribution is -2.37. The zero-order valence-corrected chi connectivity index (χ0v) is 47.4. The Kier molecular flexibility index (Phi) is 50.4. The van der Waals surface area contributed by atoms with Gasteiger partial charge in [-0.15, -0.1) is 0 Å². The van der Waals surface area contributed by atoms with Crippen molar-refractivity contribution < 1.29 is 42.1 Å². The highest BCUT2D eigenvalue weighted by Crippen LogP contribution is 2.43. The Morgan fingerprint density at radius 1 is 0.443 bits per heavy atom. The first-order valence-electron chi connectivity index (χ1n) is 29.4. The van der Waals surface area contributed by atoms with Crippen LogP contribution in [0.25, 0.3) is 0 Å². The summed E-state index contributed by atoms with van der Waals surface area (Å²) in [5.41, 5.74) is 0. The maximum Gasteiger partial charge on any atom is 0.472 e. The van der Waals surface area contributed by atoms with Gasteiger partial charge in [-0.05, 0) is 77.0 Å². The summed E-state index contributed by atoms with van der Waals surface area (Å²) in [5, 5.41) is 0. The number of phosphoric ester groups is 1. The van der Waals surface area contributed by atoms with Crippen molar-refractivity contribution in [2.75, 3.05) is 47.5 Å². The van der Waals surface area contributed by atoms with E-state index >= 15 is 0 Å². The van der Waals surface area contributed by atoms with Gasteiger partial charge in [0.15, 0.2) is 6.10 Å². The van der Waals surface area contributed by atoms with E-state index in [-0.39, 0.29) is 32.0 Å². The summed E-state index contributed by atoms with van der Waals surface area (Å²) in [6, 6.07) is 0. The van der Waals surface area contributed by atoms with Gasteiger partial charge < -0.3 is 18.9 Å². The van der Waals surface area contributed by atoms with E-state index in [0.717, 1.165) is 64.2 Å². The second-order valence-electron chi connectivity index (χ2n) is 21.0. The van der Waals surface area contributed by atoms with Crippen molar-refractivity contribution in [1.29, 1.82) is 0 Å². The molecule has 70 heavy (non-hydrogen) atoms. The van der Waals surface area contributed by atoms with E-state index in [1.54, 1.807) is 0 Å². The Labute approximate surface area is 433 Å². The smallest absolute Gasteiger partial charge is 0.462 e. The fourth-order valence-electron chi connectivity index (χ4n) is 8.25. The van der Waals surface area contributed by atoms with Gasteiger partial charge in [-0.1, -0.05) is 229 Å². The number of allylic oxidation sites excluding steroid dienone is 8. The second-order valence-corrected chi connectivity index (χ2v) is 22.5. The summed E-state index contributed by atoms with van der Waals surface area (Å²) >= 11 is 0. The SMILES string of the molecule is CCCCC/C=C\C/C=C\CCCCCCCC(=O)OCC(COP(=O)(O)OCC[N+](C)(C)C)OC(=O)CCCCCCCCCCCCCCCCCCCCC/C=C\C/C=C\CCCCCCC. The number of carbonyl (C=O) groups excluding carboxylic acids is 2. The molecule has 0 fully saturated rings. The molecule has 2 atom stereocenters. The highest BCUT2D eigenvalue weighted by molar-refractivity contribution is 7.47. The molecule has 0 amide bonds. The molecule has 0 radical (unpaired) electrons. The van der Waals surface area contributed by atoms with E-state index in [1.165, 1.54) is 173 Å². The largest absolute Gasteiger partial charge is 0.472 e. The van der Waals surface area contributed by atoms with Crippen LogP contribution in [-0.4, -0.2) is 74.9 Å². The number of quaternary nitrogens is 1. The van der Waals surface area contributed by atoms with Crippen LogP contribution in [0.4, 0.5) is 0 Å². The molecule has 0 aromatic carbocycles. The van der Waals surface area contributed by atoms with Crippen LogP contribution in [0.1, 0.15) is 271 Å². The van der Waals surface area contributed by atoms with Crippen LogP contribution in [0.2, 0.25) is 0 Å². The van der Waals surface area contributed by atoms with Crippen LogP contribution < -0.4 is 0 Å². The molecule has 1 N–H and O–H groups in total. The number of likely N-dealkylation sites (N-methyl/N-ethyl adjacent to an activating group) is 1. The van der Waals surface area contributed by atoms with Crippen molar-refractivity contribution in [3.63, 3.8) is 0 Å². The van der Waals surface area contributed by atoms with Gasteiger partial charge in [0.1, 0.15) is 19.8 Å². The van der Waals surface area contributed by atoms with E-state index in [1.807, 2.05) is 21.1 Å². The minimum Gasteiger partial charge on any atom is -0.462 e. The Hall–Kier alpha value is -2.03. The van der Waals surface area contributed by atoms with E-state index < -0.39 is 26.5 Å². The third-order valence-electron chi connectivity index (χ3n) is 12.8. The zero-order chi connectivity index (χ0) is 51.3. The standard InChI is InChI=1S/C60H112NO8P/c1-6-8-10-12-14-16-18-20-22-23-24-25-26-27-28-29-30-31-32-33-34-35-36-37-39-41-43-45-47-49-51-53-60(63)69-58(57-68-70(64,65)67-55-54-61(3,4)5)56-66-59(62)52-50-48-46-44-42-40-38-21-19-17-15-13-11-9-7-2/h15,17-18,20-21,23-24,38,58H,6-14,16,19,22,25-37,39-57H2,1-5H3/p+1/b17-15-,20-18-,24-23-,38-21-. The van der Waals surface area contributed by atoms with Crippen LogP contribution in [-0.2, 0) is 32.7 Å². The van der Waals surface area contributed by atoms with Crippen molar-refractivity contribution in [1.82, 2.24) is 0 Å². The average molecular weight is 1010 g/mol. The highest BCUT2D eigenvalue weighted by atomic mass is 31.2. The van der Waals surface area contributed by atoms with Crippen LogP contribution in [0, 0.1) is 0 Å². The summed E-state index contributed by atoms with van der Waals surface area (Å²) in [6.45, 7) is 4.40. The summed E-state index contributed by atoms with van der Waals surface area (Å²) in [7, 11) is 1.48. The highest BCUT2D eigenvalue weighted by Gasteiger charge is 2.27. The molecular formula is C60H113NO8P+. The Morgan fingerprint density at radius 2 is 0.771 bits per heavy atom. The molecule has 0 aliphatic carbocycles. The maximum atomic E-state index is 12.8. The molecule has 0 saturated carbocycles. The molecule has 0 saturated heterocycles. The molecule has 0 spiro atoms. The van der Waals surface area contributed by atoms with Gasteiger partial charge in [0.05, 0.1) is 27.7 Å². The molecular weight excluding hydrogens is 894 g/mol. The van der Waals surface area contributed by atoms with Crippen molar-refractivity contribution in [3.05, 3.63) is 48.6 Å². The number of ether oxygens (including phenoxy) is 2. The van der Waals surface area contributed by atoms with Crippen molar-refractivity contribution in [2.24, 2.45) is 0 Å². The Morgan fingerprint density at radius 3 is 1.16 bits per heavy atom. The fraction of sp³-hybridized carbons (Fsp3) is 0.833. The first-order valence-corrected chi connectivity index (χ1v) is 30.9. The van der Waals surface area contributed by atoms with E-state index in [0.29, 0.717) is 17.4 Å². The summed E-state index contributed by atoms with van der Waals surface area (Å²) < 4.78 is 34.5. The predicted molar refractivity (Wildman–Crippen MR) is 298 cm³/mol. The molecule has 0 rings (SSSR count). The monoisotopic (exact) mass is 1010 g/mol. The molecule has 0 aliphatic heterocycles. The normalized spacial score (nSPS) is 13.6. The van der Waals surface area contributed by atoms with Gasteiger partial charge in [-0.2, -0.15) is 0 Å². The summed E-state index contributed by atoms with van der Waals surface area (Å²) in [4.78, 5) is 35.6. The number of hydrogen-bond acceptors (Lipinski definition) is 7. The number of unbranched alkanes of at least 4 members (excludes halogenated alkanes) is 32. The van der Waals surface area contributed by atoms with Gasteiger partial charge in [-0.25, -0.2) is 4.57 Å². The lowest BCUT2D eigenvalue weighted by Gasteiger charge is -2.24. The molecule has 0 bridgehead atoms. The van der Waals surface area contributed by atoms with Crippen molar-refractivity contribution in [3.8, 4) is 0 Å².